The summed E-state index contributed by atoms with van der Waals surface area (Å²) >= 11 is 0. The van der Waals surface area contributed by atoms with E-state index in [9.17, 15) is 0 Å². The molecule has 0 saturated heterocycles. The van der Waals surface area contributed by atoms with Crippen LogP contribution >= 0.6 is 0 Å². The zero-order chi connectivity index (χ0) is 41.0. The van der Waals surface area contributed by atoms with Crippen LogP contribution in [-0.2, 0) is 0 Å². The van der Waals surface area contributed by atoms with Gasteiger partial charge in [0.15, 0.2) is 0 Å². The first kappa shape index (κ1) is 35.8. The van der Waals surface area contributed by atoms with Gasteiger partial charge >= 0.3 is 0 Å². The van der Waals surface area contributed by atoms with E-state index in [1.54, 1.807) is 0 Å². The second-order valence-corrected chi connectivity index (χ2v) is 16.2. The molecule has 4 nitrogen and oxygen atoms in total. The lowest BCUT2D eigenvalue weighted by Crippen LogP contribution is -2.30. The van der Waals surface area contributed by atoms with Gasteiger partial charge in [-0.25, -0.2) is 9.97 Å². The van der Waals surface area contributed by atoms with Crippen molar-refractivity contribution in [1.82, 2.24) is 14.5 Å². The van der Waals surface area contributed by atoms with E-state index in [0.717, 1.165) is 28.2 Å². The fraction of sp³-hybridized carbons (Fsp3) is 0.0345. The molecule has 2 atom stereocenters. The predicted octanol–water partition coefficient (Wildman–Crippen LogP) is 14.6. The molecule has 4 heteroatoms. The molecular weight excluding hydrogens is 753 g/mol. The lowest BCUT2D eigenvalue weighted by atomic mass is 9.89. The average molecular weight is 793 g/mol. The fourth-order valence-corrected chi connectivity index (χ4v) is 9.59. The van der Waals surface area contributed by atoms with Gasteiger partial charge < -0.3 is 9.47 Å². The van der Waals surface area contributed by atoms with E-state index in [-0.39, 0.29) is 12.0 Å². The third-order valence-electron chi connectivity index (χ3n) is 12.6. The summed E-state index contributed by atoms with van der Waals surface area (Å²) in [6.45, 7) is 0. The van der Waals surface area contributed by atoms with Crippen molar-refractivity contribution in [2.75, 3.05) is 4.90 Å². The Morgan fingerprint density at radius 3 is 1.74 bits per heavy atom. The molecule has 2 unspecified atom stereocenters. The normalized spacial score (nSPS) is 15.3. The molecule has 292 valence electrons. The third kappa shape index (κ3) is 6.15. The molecule has 12 rings (SSSR count). The van der Waals surface area contributed by atoms with Gasteiger partial charge in [0.25, 0.3) is 0 Å². The molecule has 10 aromatic rings. The molecule has 0 bridgehead atoms. The highest BCUT2D eigenvalue weighted by atomic mass is 15.3. The van der Waals surface area contributed by atoms with Crippen molar-refractivity contribution in [3.63, 3.8) is 0 Å². The van der Waals surface area contributed by atoms with Crippen LogP contribution in [0.5, 0.6) is 0 Å². The second kappa shape index (κ2) is 14.9. The Labute approximate surface area is 361 Å². The molecule has 0 radical (unpaired) electrons. The highest BCUT2D eigenvalue weighted by Gasteiger charge is 2.39. The van der Waals surface area contributed by atoms with Crippen LogP contribution in [0.3, 0.4) is 0 Å². The molecule has 1 aliphatic carbocycles. The summed E-state index contributed by atoms with van der Waals surface area (Å²) in [7, 11) is 0. The number of allylic oxidation sites excluding steroid dienone is 2. The Morgan fingerprint density at radius 1 is 0.403 bits per heavy atom. The van der Waals surface area contributed by atoms with E-state index in [0.29, 0.717) is 5.95 Å². The zero-order valence-electron chi connectivity index (χ0n) is 33.9. The van der Waals surface area contributed by atoms with Crippen molar-refractivity contribution in [3.05, 3.63) is 236 Å². The first-order chi connectivity index (χ1) is 30.7. The molecule has 62 heavy (non-hydrogen) atoms. The quantitative estimate of drug-likeness (QED) is 0.161. The van der Waals surface area contributed by atoms with E-state index >= 15 is 0 Å². The molecule has 0 amide bonds. The summed E-state index contributed by atoms with van der Waals surface area (Å²) in [6.07, 6.45) is 10.8. The smallest absolute Gasteiger partial charge is 0.231 e. The number of nitrogens with zero attached hydrogens (tertiary/aromatic N) is 4. The molecular formula is C58H40N4. The van der Waals surface area contributed by atoms with Crippen molar-refractivity contribution in [2.45, 2.75) is 12.0 Å². The van der Waals surface area contributed by atoms with Gasteiger partial charge in [0, 0.05) is 39.8 Å². The van der Waals surface area contributed by atoms with E-state index in [1.807, 2.05) is 12.3 Å². The van der Waals surface area contributed by atoms with Crippen molar-refractivity contribution in [3.8, 4) is 61.5 Å². The van der Waals surface area contributed by atoms with Gasteiger partial charge in [-0.1, -0.05) is 170 Å². The Kier molecular flexibility index (Phi) is 8.60. The SMILES string of the molecule is C1=CC2c3cc(-c4ccc5c(c4)c4ccccc4n5-c4ccc(-c5ccccc5)cc4)ccc3N(c3nccc(-c4cccc(-c5ccc(-c6ccccc6)cc5)c4)n3)C2C=C1. The highest BCUT2D eigenvalue weighted by molar-refractivity contribution is 6.10. The molecule has 0 saturated carbocycles. The van der Waals surface area contributed by atoms with Crippen LogP contribution in [-0.4, -0.2) is 20.6 Å². The zero-order valence-corrected chi connectivity index (χ0v) is 33.9. The lowest BCUT2D eigenvalue weighted by molar-refractivity contribution is 0.730. The monoisotopic (exact) mass is 792 g/mol. The molecule has 0 spiro atoms. The van der Waals surface area contributed by atoms with Gasteiger partial charge in [0.2, 0.25) is 5.95 Å². The van der Waals surface area contributed by atoms with Crippen LogP contribution in [0.25, 0.3) is 83.3 Å². The van der Waals surface area contributed by atoms with E-state index < -0.39 is 0 Å². The largest absolute Gasteiger partial charge is 0.309 e. The van der Waals surface area contributed by atoms with Crippen LogP contribution in [0.1, 0.15) is 11.5 Å². The Morgan fingerprint density at radius 2 is 0.968 bits per heavy atom. The maximum Gasteiger partial charge on any atom is 0.231 e. The molecule has 0 N–H and O–H groups in total. The second-order valence-electron chi connectivity index (χ2n) is 16.2. The van der Waals surface area contributed by atoms with Crippen molar-refractivity contribution in [1.29, 1.82) is 0 Å². The highest BCUT2D eigenvalue weighted by Crippen LogP contribution is 2.48. The maximum atomic E-state index is 5.25. The first-order valence-electron chi connectivity index (χ1n) is 21.3. The third-order valence-corrected chi connectivity index (χ3v) is 12.6. The van der Waals surface area contributed by atoms with E-state index in [4.69, 9.17) is 9.97 Å². The minimum atomic E-state index is 0.0729. The topological polar surface area (TPSA) is 34.0 Å². The Hall–Kier alpha value is -8.08. The number of hydrogen-bond donors (Lipinski definition) is 0. The van der Waals surface area contributed by atoms with Gasteiger partial charge in [-0.2, -0.15) is 0 Å². The van der Waals surface area contributed by atoms with Gasteiger partial charge in [-0.15, -0.1) is 0 Å². The number of benzene rings is 8. The summed E-state index contributed by atoms with van der Waals surface area (Å²) < 4.78 is 2.39. The molecule has 1 aliphatic heterocycles. The van der Waals surface area contributed by atoms with Crippen molar-refractivity contribution in [2.24, 2.45) is 0 Å². The Bertz CT molecular complexity index is 3340. The predicted molar refractivity (Wildman–Crippen MR) is 257 cm³/mol. The minimum absolute atomic E-state index is 0.0729. The fourth-order valence-electron chi connectivity index (χ4n) is 9.59. The summed E-state index contributed by atoms with van der Waals surface area (Å²) in [5.74, 6) is 0.876. The van der Waals surface area contributed by atoms with Crippen LogP contribution in [0.15, 0.2) is 231 Å². The van der Waals surface area contributed by atoms with Crippen molar-refractivity contribution < 1.29 is 0 Å². The van der Waals surface area contributed by atoms with Crippen LogP contribution in [0.4, 0.5) is 11.6 Å². The molecule has 2 aliphatic rings. The van der Waals surface area contributed by atoms with Gasteiger partial charge in [0.1, 0.15) is 0 Å². The summed E-state index contributed by atoms with van der Waals surface area (Å²) in [4.78, 5) is 12.5. The van der Waals surface area contributed by atoms with E-state index in [1.165, 1.54) is 66.3 Å². The summed E-state index contributed by atoms with van der Waals surface area (Å²) in [6, 6.07) is 72.1. The first-order valence-corrected chi connectivity index (χ1v) is 21.3. The molecule has 8 aromatic carbocycles. The van der Waals surface area contributed by atoms with Crippen LogP contribution in [0.2, 0.25) is 0 Å². The number of para-hydroxylation sites is 1. The molecule has 0 fully saturated rings. The minimum Gasteiger partial charge on any atom is -0.309 e. The van der Waals surface area contributed by atoms with E-state index in [2.05, 4.69) is 228 Å². The maximum absolute atomic E-state index is 5.25. The van der Waals surface area contributed by atoms with Crippen molar-refractivity contribution >= 4 is 33.4 Å². The van der Waals surface area contributed by atoms with Crippen LogP contribution < -0.4 is 4.90 Å². The summed E-state index contributed by atoms with van der Waals surface area (Å²) in [5.41, 5.74) is 17.5. The van der Waals surface area contributed by atoms with Gasteiger partial charge in [0.05, 0.1) is 22.8 Å². The summed E-state index contributed by atoms with van der Waals surface area (Å²) in [5, 5.41) is 2.48. The average Bonchev–Trinajstić information content (AvgIpc) is 3.87. The number of anilines is 2. The van der Waals surface area contributed by atoms with Crippen LogP contribution in [0, 0.1) is 0 Å². The molecule has 2 aromatic heterocycles. The number of fused-ring (bicyclic) bond motifs is 6. The number of hydrogen-bond acceptors (Lipinski definition) is 3. The molecule has 3 heterocycles. The lowest BCUT2D eigenvalue weighted by Gasteiger charge is -2.26. The standard InChI is InChI=1S/C58H40N4/c1-3-12-39(13-4-1)41-22-24-43(25-23-41)44-16-11-17-47(36-44)53-34-35-59-58(60-53)62-55-21-10-8-19-50(55)52-38-46(29-33-57(52)62)45-28-32-56-51(37-45)49-18-7-9-20-54(49)61(56)48-30-26-42(27-31-48)40-14-5-2-6-15-40/h1-38,50,55H. The number of rotatable bonds is 7. The Balaban J connectivity index is 0.877. The van der Waals surface area contributed by atoms with Gasteiger partial charge in [-0.05, 0) is 105 Å². The van der Waals surface area contributed by atoms with Gasteiger partial charge in [-0.3, -0.25) is 0 Å². The number of aromatic nitrogens is 3.